The van der Waals surface area contributed by atoms with Crippen LogP contribution >= 0.6 is 0 Å². The highest BCUT2D eigenvalue weighted by Crippen LogP contribution is 2.31. The van der Waals surface area contributed by atoms with E-state index < -0.39 is 12.1 Å². The fourth-order valence-electron chi connectivity index (χ4n) is 4.32. The maximum Gasteiger partial charge on any atom is 0.490 e. The molecular weight excluding hydrogens is 465 g/mol. The number of aliphatic carboxylic acids is 1. The molecule has 35 heavy (non-hydrogen) atoms. The normalized spacial score (nSPS) is 18.1. The number of rotatable bonds is 3. The predicted octanol–water partition coefficient (Wildman–Crippen LogP) is 4.27. The second kappa shape index (κ2) is 9.95. The topological polar surface area (TPSA) is 103 Å². The Hall–Kier alpha value is -3.60. The lowest BCUT2D eigenvalue weighted by Crippen LogP contribution is -2.35. The van der Waals surface area contributed by atoms with Crippen LogP contribution in [0.5, 0.6) is 0 Å². The number of amides is 1. The first-order valence-electron chi connectivity index (χ1n) is 11.2. The number of nitrogens with one attached hydrogen (secondary N) is 1. The summed E-state index contributed by atoms with van der Waals surface area (Å²) in [5.74, 6) is -1.05. The molecule has 3 aromatic rings. The van der Waals surface area contributed by atoms with E-state index in [1.165, 1.54) is 12.0 Å². The zero-order valence-corrected chi connectivity index (χ0v) is 19.0. The molecule has 1 unspecified atom stereocenters. The summed E-state index contributed by atoms with van der Waals surface area (Å²) in [5.41, 5.74) is 3.78. The molecule has 186 valence electrons. The SMILES string of the molecule is CN1CCCC1c1cc(C(=O)N2CCc3cc(-c4ccccc4)oc3C2)n[nH]1.O=C(O)C(F)(F)F. The molecule has 1 saturated heterocycles. The predicted molar refractivity (Wildman–Crippen MR) is 119 cm³/mol. The van der Waals surface area contributed by atoms with Crippen LogP contribution in [0.15, 0.2) is 46.9 Å². The third-order valence-corrected chi connectivity index (χ3v) is 6.17. The number of fused-ring (bicyclic) bond motifs is 1. The number of H-pyrrole nitrogens is 1. The summed E-state index contributed by atoms with van der Waals surface area (Å²) in [4.78, 5) is 26.0. The first kappa shape index (κ1) is 24.5. The van der Waals surface area contributed by atoms with Crippen LogP contribution in [0, 0.1) is 0 Å². The van der Waals surface area contributed by atoms with Gasteiger partial charge in [0.25, 0.3) is 5.91 Å². The molecule has 1 amide bonds. The van der Waals surface area contributed by atoms with Gasteiger partial charge in [0.15, 0.2) is 0 Å². The third kappa shape index (κ3) is 5.56. The molecule has 0 radical (unpaired) electrons. The molecule has 1 aromatic carbocycles. The Kier molecular flexibility index (Phi) is 6.97. The van der Waals surface area contributed by atoms with E-state index in [2.05, 4.69) is 28.2 Å². The largest absolute Gasteiger partial charge is 0.490 e. The lowest BCUT2D eigenvalue weighted by Gasteiger charge is -2.25. The van der Waals surface area contributed by atoms with Crippen LogP contribution in [0.25, 0.3) is 11.3 Å². The van der Waals surface area contributed by atoms with E-state index in [1.807, 2.05) is 41.3 Å². The summed E-state index contributed by atoms with van der Waals surface area (Å²) < 4.78 is 37.8. The number of alkyl halides is 3. The Bertz CT molecular complexity index is 1190. The van der Waals surface area contributed by atoms with Gasteiger partial charge < -0.3 is 14.4 Å². The number of hydrogen-bond acceptors (Lipinski definition) is 5. The van der Waals surface area contributed by atoms with Crippen molar-refractivity contribution in [1.29, 1.82) is 0 Å². The molecule has 11 heteroatoms. The van der Waals surface area contributed by atoms with Crippen molar-refractivity contribution in [1.82, 2.24) is 20.0 Å². The molecule has 4 heterocycles. The van der Waals surface area contributed by atoms with Crippen molar-refractivity contribution in [2.45, 2.75) is 38.0 Å². The zero-order valence-electron chi connectivity index (χ0n) is 19.0. The fraction of sp³-hybridized carbons (Fsp3) is 0.375. The number of benzene rings is 1. The van der Waals surface area contributed by atoms with Gasteiger partial charge in [0.05, 0.1) is 18.3 Å². The molecule has 0 spiro atoms. The molecule has 0 saturated carbocycles. The number of halogens is 3. The number of nitrogens with zero attached hydrogens (tertiary/aromatic N) is 3. The van der Waals surface area contributed by atoms with Crippen LogP contribution in [0.3, 0.4) is 0 Å². The minimum atomic E-state index is -5.08. The van der Waals surface area contributed by atoms with Crippen molar-refractivity contribution >= 4 is 11.9 Å². The summed E-state index contributed by atoms with van der Waals surface area (Å²) in [6.07, 6.45) is -1.99. The van der Waals surface area contributed by atoms with Crippen molar-refractivity contribution in [2.24, 2.45) is 0 Å². The Morgan fingerprint density at radius 3 is 2.51 bits per heavy atom. The molecule has 5 rings (SSSR count). The highest BCUT2D eigenvalue weighted by atomic mass is 19.4. The van der Waals surface area contributed by atoms with Crippen molar-refractivity contribution in [3.63, 3.8) is 0 Å². The van der Waals surface area contributed by atoms with Gasteiger partial charge >= 0.3 is 12.1 Å². The zero-order chi connectivity index (χ0) is 25.2. The maximum atomic E-state index is 13.0. The van der Waals surface area contributed by atoms with Gasteiger partial charge in [-0.15, -0.1) is 0 Å². The molecule has 2 N–H and O–H groups in total. The van der Waals surface area contributed by atoms with Gasteiger partial charge in [0.2, 0.25) is 0 Å². The molecule has 0 bridgehead atoms. The van der Waals surface area contributed by atoms with E-state index in [4.69, 9.17) is 14.3 Å². The summed E-state index contributed by atoms with van der Waals surface area (Å²) in [5, 5.41) is 14.5. The first-order chi connectivity index (χ1) is 16.6. The lowest BCUT2D eigenvalue weighted by molar-refractivity contribution is -0.192. The van der Waals surface area contributed by atoms with Gasteiger partial charge in [0, 0.05) is 12.1 Å². The monoisotopic (exact) mass is 490 g/mol. The minimum absolute atomic E-state index is 0.0357. The van der Waals surface area contributed by atoms with E-state index in [0.29, 0.717) is 24.8 Å². The van der Waals surface area contributed by atoms with Gasteiger partial charge in [-0.3, -0.25) is 14.8 Å². The van der Waals surface area contributed by atoms with Crippen LogP contribution in [0.1, 0.15) is 46.4 Å². The molecular formula is C24H25F3N4O4. The number of carboxylic acid groups (broad SMARTS) is 1. The summed E-state index contributed by atoms with van der Waals surface area (Å²) in [6.45, 7) is 2.27. The van der Waals surface area contributed by atoms with Gasteiger partial charge in [-0.2, -0.15) is 18.3 Å². The van der Waals surface area contributed by atoms with Crippen molar-refractivity contribution in [3.8, 4) is 11.3 Å². The number of carbonyl (C=O) groups excluding carboxylic acids is 1. The average Bonchev–Trinajstić information content (AvgIpc) is 3.57. The molecule has 2 aliphatic rings. The lowest BCUT2D eigenvalue weighted by atomic mass is 10.1. The molecule has 0 aliphatic carbocycles. The highest BCUT2D eigenvalue weighted by molar-refractivity contribution is 5.92. The van der Waals surface area contributed by atoms with Crippen LogP contribution in [0.4, 0.5) is 13.2 Å². The molecule has 1 fully saturated rings. The van der Waals surface area contributed by atoms with E-state index in [1.54, 1.807) is 0 Å². The summed E-state index contributed by atoms with van der Waals surface area (Å²) in [7, 11) is 2.12. The van der Waals surface area contributed by atoms with E-state index >= 15 is 0 Å². The average molecular weight is 490 g/mol. The standard InChI is InChI=1S/C22H24N4O2.C2HF3O2/c1-25-10-5-8-19(25)17-13-18(24-23-17)22(27)26-11-9-16-12-20(28-21(16)14-26)15-6-3-2-4-7-15;3-2(4,5)1(6)7/h2-4,6-7,12-13,19H,5,8-11,14H2,1H3,(H,23,24);(H,6,7). The Balaban J connectivity index is 0.000000364. The number of carboxylic acids is 1. The van der Waals surface area contributed by atoms with Crippen LogP contribution < -0.4 is 0 Å². The van der Waals surface area contributed by atoms with Crippen molar-refractivity contribution in [2.75, 3.05) is 20.1 Å². The Labute approximate surface area is 199 Å². The maximum absolute atomic E-state index is 13.0. The number of carbonyl (C=O) groups is 2. The van der Waals surface area contributed by atoms with E-state index in [0.717, 1.165) is 42.2 Å². The van der Waals surface area contributed by atoms with Crippen LogP contribution in [-0.4, -0.2) is 63.3 Å². The molecule has 2 aromatic heterocycles. The van der Waals surface area contributed by atoms with Gasteiger partial charge in [-0.05, 0) is 50.6 Å². The highest BCUT2D eigenvalue weighted by Gasteiger charge is 2.38. The fourth-order valence-corrected chi connectivity index (χ4v) is 4.32. The van der Waals surface area contributed by atoms with E-state index in [-0.39, 0.29) is 5.91 Å². The number of furan rings is 1. The van der Waals surface area contributed by atoms with Crippen molar-refractivity contribution < 1.29 is 32.3 Å². The number of aromatic nitrogens is 2. The quantitative estimate of drug-likeness (QED) is 0.569. The molecule has 8 nitrogen and oxygen atoms in total. The first-order valence-corrected chi connectivity index (χ1v) is 11.2. The molecule has 2 aliphatic heterocycles. The number of hydrogen-bond donors (Lipinski definition) is 2. The number of likely N-dealkylation sites (tertiary alicyclic amines) is 1. The van der Waals surface area contributed by atoms with Gasteiger partial charge in [-0.1, -0.05) is 30.3 Å². The van der Waals surface area contributed by atoms with Crippen LogP contribution in [-0.2, 0) is 17.8 Å². The minimum Gasteiger partial charge on any atom is -0.475 e. The second-order valence-electron chi connectivity index (χ2n) is 8.55. The Morgan fingerprint density at radius 2 is 1.89 bits per heavy atom. The summed E-state index contributed by atoms with van der Waals surface area (Å²) >= 11 is 0. The van der Waals surface area contributed by atoms with Gasteiger partial charge in [0.1, 0.15) is 17.2 Å². The van der Waals surface area contributed by atoms with E-state index in [9.17, 15) is 18.0 Å². The van der Waals surface area contributed by atoms with Crippen LogP contribution in [0.2, 0.25) is 0 Å². The van der Waals surface area contributed by atoms with Crippen molar-refractivity contribution in [3.05, 3.63) is 65.2 Å². The third-order valence-electron chi connectivity index (χ3n) is 6.17. The Morgan fingerprint density at radius 1 is 1.17 bits per heavy atom. The second-order valence-corrected chi connectivity index (χ2v) is 8.55. The number of aromatic amines is 1. The van der Waals surface area contributed by atoms with Gasteiger partial charge in [-0.25, -0.2) is 4.79 Å². The summed E-state index contributed by atoms with van der Waals surface area (Å²) in [6, 6.07) is 14.4. The smallest absolute Gasteiger partial charge is 0.475 e. The molecule has 1 atom stereocenters.